The van der Waals surface area contributed by atoms with Crippen molar-refractivity contribution < 1.29 is 22.3 Å². The van der Waals surface area contributed by atoms with E-state index in [9.17, 15) is 17.6 Å². The lowest BCUT2D eigenvalue weighted by Gasteiger charge is -2.30. The topological polar surface area (TPSA) is 75.7 Å². The molecule has 0 saturated heterocycles. The monoisotopic (exact) mass is 440 g/mol. The molecule has 0 aliphatic rings. The molecule has 0 heterocycles. The summed E-state index contributed by atoms with van der Waals surface area (Å²) in [6.07, 6.45) is 2.78. The van der Waals surface area contributed by atoms with Crippen LogP contribution in [0, 0.1) is 5.82 Å². The molecular formula is C20H22ClFN2O4S. The smallest absolute Gasteiger partial charge is 0.248 e. The summed E-state index contributed by atoms with van der Waals surface area (Å²) in [5.41, 5.74) is 0.582. The Labute approximate surface area is 175 Å². The van der Waals surface area contributed by atoms with Crippen LogP contribution in [-0.4, -0.2) is 33.2 Å². The lowest BCUT2D eigenvalue weighted by atomic mass is 10.1. The van der Waals surface area contributed by atoms with Gasteiger partial charge in [0.15, 0.2) is 0 Å². The third-order valence-corrected chi connectivity index (χ3v) is 5.45. The lowest BCUT2D eigenvalue weighted by Crippen LogP contribution is -2.47. The predicted octanol–water partition coefficient (Wildman–Crippen LogP) is 4.23. The standard InChI is InChI=1S/C20H22ClFN2O4S/c1-4-12-28-16-9-6-14(7-10-16)23-20(25)19(5-2)24(29(3,26)27)15-8-11-18(22)17(21)13-15/h4,6-11,13,19H,1,5,12H2,2-3H3,(H,23,25)/t19-/m1/s1. The number of nitrogens with zero attached hydrogens (tertiary/aromatic N) is 1. The van der Waals surface area contributed by atoms with Gasteiger partial charge in [-0.05, 0) is 48.9 Å². The van der Waals surface area contributed by atoms with Crippen molar-refractivity contribution in [3.8, 4) is 5.75 Å². The number of carbonyl (C=O) groups is 1. The summed E-state index contributed by atoms with van der Waals surface area (Å²) in [4.78, 5) is 12.8. The second-order valence-corrected chi connectivity index (χ2v) is 8.46. The Hall–Kier alpha value is -2.58. The van der Waals surface area contributed by atoms with Crippen LogP contribution in [0.25, 0.3) is 0 Å². The van der Waals surface area contributed by atoms with Crippen molar-refractivity contribution in [1.29, 1.82) is 0 Å². The van der Waals surface area contributed by atoms with Crippen LogP contribution in [0.1, 0.15) is 13.3 Å². The molecular weight excluding hydrogens is 419 g/mol. The first-order valence-electron chi connectivity index (χ1n) is 8.76. The molecule has 1 atom stereocenters. The van der Waals surface area contributed by atoms with Crippen molar-refractivity contribution in [3.05, 3.63) is 66.0 Å². The summed E-state index contributed by atoms with van der Waals surface area (Å²) in [6.45, 7) is 5.60. The van der Waals surface area contributed by atoms with Gasteiger partial charge >= 0.3 is 0 Å². The van der Waals surface area contributed by atoms with Crippen molar-refractivity contribution >= 4 is 38.9 Å². The number of amides is 1. The normalized spacial score (nSPS) is 12.1. The van der Waals surface area contributed by atoms with Gasteiger partial charge in [-0.25, -0.2) is 12.8 Å². The van der Waals surface area contributed by atoms with Gasteiger partial charge in [0.25, 0.3) is 0 Å². The highest BCUT2D eigenvalue weighted by Gasteiger charge is 2.32. The van der Waals surface area contributed by atoms with E-state index in [0.717, 1.165) is 16.6 Å². The Balaban J connectivity index is 2.28. The predicted molar refractivity (Wildman–Crippen MR) is 114 cm³/mol. The number of ether oxygens (including phenoxy) is 1. The molecule has 2 aromatic carbocycles. The molecule has 29 heavy (non-hydrogen) atoms. The molecule has 1 N–H and O–H groups in total. The van der Waals surface area contributed by atoms with E-state index >= 15 is 0 Å². The van der Waals surface area contributed by atoms with Gasteiger partial charge in [-0.2, -0.15) is 0 Å². The van der Waals surface area contributed by atoms with Crippen LogP contribution in [0.2, 0.25) is 5.02 Å². The Morgan fingerprint density at radius 2 is 1.97 bits per heavy atom. The number of halogens is 2. The zero-order chi connectivity index (χ0) is 21.6. The third-order valence-electron chi connectivity index (χ3n) is 3.98. The van der Waals surface area contributed by atoms with Gasteiger partial charge in [-0.3, -0.25) is 9.10 Å². The van der Waals surface area contributed by atoms with Crippen LogP contribution < -0.4 is 14.4 Å². The van der Waals surface area contributed by atoms with Crippen molar-refractivity contribution in [2.24, 2.45) is 0 Å². The van der Waals surface area contributed by atoms with E-state index < -0.39 is 27.8 Å². The van der Waals surface area contributed by atoms with Crippen molar-refractivity contribution in [2.75, 3.05) is 22.5 Å². The van der Waals surface area contributed by atoms with Crippen LogP contribution >= 0.6 is 11.6 Å². The molecule has 0 saturated carbocycles. The van der Waals surface area contributed by atoms with E-state index in [1.165, 1.54) is 12.1 Å². The minimum atomic E-state index is -3.85. The molecule has 0 radical (unpaired) electrons. The lowest BCUT2D eigenvalue weighted by molar-refractivity contribution is -0.117. The maximum Gasteiger partial charge on any atom is 0.248 e. The molecule has 156 valence electrons. The van der Waals surface area contributed by atoms with E-state index in [1.807, 2.05) is 0 Å². The van der Waals surface area contributed by atoms with E-state index in [1.54, 1.807) is 37.3 Å². The van der Waals surface area contributed by atoms with E-state index in [-0.39, 0.29) is 17.1 Å². The highest BCUT2D eigenvalue weighted by atomic mass is 35.5. The maximum atomic E-state index is 13.5. The van der Waals surface area contributed by atoms with Crippen molar-refractivity contribution in [2.45, 2.75) is 19.4 Å². The number of benzene rings is 2. The molecule has 0 aromatic heterocycles. The van der Waals surface area contributed by atoms with Gasteiger partial charge in [0.05, 0.1) is 17.0 Å². The van der Waals surface area contributed by atoms with Crippen LogP contribution in [-0.2, 0) is 14.8 Å². The Bertz CT molecular complexity index is 980. The van der Waals surface area contributed by atoms with E-state index in [2.05, 4.69) is 11.9 Å². The first-order valence-corrected chi connectivity index (χ1v) is 11.0. The van der Waals surface area contributed by atoms with Gasteiger partial charge in [-0.15, -0.1) is 0 Å². The van der Waals surface area contributed by atoms with Gasteiger partial charge in [0, 0.05) is 5.69 Å². The van der Waals surface area contributed by atoms with Crippen LogP contribution in [0.3, 0.4) is 0 Å². The molecule has 2 aromatic rings. The molecule has 1 amide bonds. The van der Waals surface area contributed by atoms with Crippen molar-refractivity contribution in [3.63, 3.8) is 0 Å². The number of nitrogens with one attached hydrogen (secondary N) is 1. The maximum absolute atomic E-state index is 13.5. The van der Waals surface area contributed by atoms with Crippen LogP contribution in [0.5, 0.6) is 5.75 Å². The molecule has 0 aliphatic carbocycles. The molecule has 0 unspecified atom stereocenters. The minimum absolute atomic E-state index is 0.106. The highest BCUT2D eigenvalue weighted by Crippen LogP contribution is 2.28. The number of carbonyl (C=O) groups excluding carboxylic acids is 1. The summed E-state index contributed by atoms with van der Waals surface area (Å²) in [6, 6.07) is 9.09. The van der Waals surface area contributed by atoms with Crippen molar-refractivity contribution in [1.82, 2.24) is 0 Å². The first kappa shape index (κ1) is 22.7. The molecule has 6 nitrogen and oxygen atoms in total. The summed E-state index contributed by atoms with van der Waals surface area (Å²) in [7, 11) is -3.85. The number of rotatable bonds is 9. The molecule has 0 spiro atoms. The number of hydrogen-bond donors (Lipinski definition) is 1. The summed E-state index contributed by atoms with van der Waals surface area (Å²) in [5, 5.41) is 2.46. The summed E-state index contributed by atoms with van der Waals surface area (Å²) >= 11 is 5.80. The largest absolute Gasteiger partial charge is 0.490 e. The Morgan fingerprint density at radius 1 is 1.31 bits per heavy atom. The number of anilines is 2. The molecule has 9 heteroatoms. The van der Waals surface area contributed by atoms with Gasteiger partial charge in [-0.1, -0.05) is 31.2 Å². The molecule has 2 rings (SSSR count). The fraction of sp³-hybridized carbons (Fsp3) is 0.250. The molecule has 0 aliphatic heterocycles. The molecule has 0 bridgehead atoms. The Kier molecular flexibility index (Phi) is 7.64. The van der Waals surface area contributed by atoms with Crippen LogP contribution in [0.15, 0.2) is 55.1 Å². The van der Waals surface area contributed by atoms with Gasteiger partial charge in [0.2, 0.25) is 15.9 Å². The average molecular weight is 441 g/mol. The molecule has 0 fully saturated rings. The zero-order valence-corrected chi connectivity index (χ0v) is 17.6. The zero-order valence-electron chi connectivity index (χ0n) is 16.1. The Morgan fingerprint density at radius 3 is 2.48 bits per heavy atom. The summed E-state index contributed by atoms with van der Waals surface area (Å²) in [5.74, 6) is -0.605. The van der Waals surface area contributed by atoms with E-state index in [4.69, 9.17) is 16.3 Å². The summed E-state index contributed by atoms with van der Waals surface area (Å²) < 4.78 is 44.7. The van der Waals surface area contributed by atoms with Gasteiger partial charge in [0.1, 0.15) is 24.2 Å². The fourth-order valence-electron chi connectivity index (χ4n) is 2.70. The number of hydrogen-bond acceptors (Lipinski definition) is 4. The first-order chi connectivity index (χ1) is 13.7. The quantitative estimate of drug-likeness (QED) is 0.592. The second-order valence-electron chi connectivity index (χ2n) is 6.19. The second kappa shape index (κ2) is 9.76. The third kappa shape index (κ3) is 5.95. The van der Waals surface area contributed by atoms with Crippen LogP contribution in [0.4, 0.5) is 15.8 Å². The SMILES string of the molecule is C=CCOc1ccc(NC(=O)[C@@H](CC)N(c2ccc(F)c(Cl)c2)S(C)(=O)=O)cc1. The highest BCUT2D eigenvalue weighted by molar-refractivity contribution is 7.92. The minimum Gasteiger partial charge on any atom is -0.490 e. The van der Waals surface area contributed by atoms with Gasteiger partial charge < -0.3 is 10.1 Å². The number of sulfonamides is 1. The average Bonchev–Trinajstić information content (AvgIpc) is 2.66. The fourth-order valence-corrected chi connectivity index (χ4v) is 4.08. The van der Waals surface area contributed by atoms with E-state index in [0.29, 0.717) is 18.0 Å².